The van der Waals surface area contributed by atoms with E-state index in [2.05, 4.69) is 32.9 Å². The maximum absolute atomic E-state index is 2.56. The van der Waals surface area contributed by atoms with Crippen LogP contribution in [-0.2, 0) is 0 Å². The Morgan fingerprint density at radius 3 is 1.75 bits per heavy atom. The molecule has 0 rings (SSSR count). The van der Waals surface area contributed by atoms with Crippen LogP contribution in [0.2, 0.25) is 0 Å². The topological polar surface area (TPSA) is 3.24 Å². The van der Waals surface area contributed by atoms with E-state index in [4.69, 9.17) is 0 Å². The lowest BCUT2D eigenvalue weighted by Crippen LogP contribution is -2.46. The fraction of sp³-hybridized carbons (Fsp3) is 1.00. The minimum Gasteiger partial charge on any atom is -0.616 e. The second-order valence-electron chi connectivity index (χ2n) is 3.33. The van der Waals surface area contributed by atoms with Crippen molar-refractivity contribution in [1.29, 1.82) is 0 Å². The molecule has 0 aromatic rings. The summed E-state index contributed by atoms with van der Waals surface area (Å²) in [5.41, 5.74) is 0. The highest BCUT2D eigenvalue weighted by molar-refractivity contribution is 6.34. The Balaban J connectivity index is 3.39. The molecule has 0 amide bonds. The van der Waals surface area contributed by atoms with Crippen molar-refractivity contribution in [3.63, 3.8) is 0 Å². The molecule has 0 fully saturated rings. The summed E-state index contributed by atoms with van der Waals surface area (Å²) in [4.78, 5) is 0. The van der Waals surface area contributed by atoms with Gasteiger partial charge in [0.2, 0.25) is 7.55 Å². The van der Waals surface area contributed by atoms with E-state index in [0.717, 1.165) is 0 Å². The molecule has 0 atom stereocenters. The summed E-state index contributed by atoms with van der Waals surface area (Å²) in [7, 11) is 9.75. The van der Waals surface area contributed by atoms with Crippen LogP contribution in [0.15, 0.2) is 0 Å². The zero-order valence-corrected chi connectivity index (χ0v) is 5.89. The van der Waals surface area contributed by atoms with E-state index in [1.165, 1.54) is 4.39 Å². The van der Waals surface area contributed by atoms with Crippen molar-refractivity contribution in [3.05, 3.63) is 0 Å². The van der Waals surface area contributed by atoms with Crippen LogP contribution >= 0.6 is 0 Å². The predicted molar refractivity (Wildman–Crippen MR) is 44.3 cm³/mol. The van der Waals surface area contributed by atoms with Crippen LogP contribution in [0.25, 0.3) is 0 Å². The summed E-state index contributed by atoms with van der Waals surface area (Å²) in [6.45, 7) is 0. The smallest absolute Gasteiger partial charge is 0.215 e. The molecule has 0 spiro atoms. The first-order valence-electron chi connectivity index (χ1n) is 2.68. The Bertz CT molecular complexity index is 66.9. The summed E-state index contributed by atoms with van der Waals surface area (Å²) in [6, 6.07) is 0. The number of quaternary nitrogens is 1. The molecule has 50 valence electrons. The minimum atomic E-state index is 0.181. The molecule has 0 saturated heterocycles. The normalized spacial score (nSPS) is 12.8. The van der Waals surface area contributed by atoms with Crippen LogP contribution < -0.4 is 0 Å². The molecule has 4 heteroatoms. The van der Waals surface area contributed by atoms with Crippen molar-refractivity contribution in [1.82, 2.24) is 4.72 Å². The highest BCUT2D eigenvalue weighted by Crippen LogP contribution is 1.84. The summed E-state index contributed by atoms with van der Waals surface area (Å²) >= 11 is 0. The summed E-state index contributed by atoms with van der Waals surface area (Å²) < 4.78 is 3.75. The van der Waals surface area contributed by atoms with Gasteiger partial charge in [-0.05, 0) is 7.98 Å². The predicted octanol–water partition coefficient (Wildman–Crippen LogP) is -2.10. The van der Waals surface area contributed by atoms with Gasteiger partial charge in [0.15, 0.2) is 0 Å². The van der Waals surface area contributed by atoms with E-state index in [1.807, 2.05) is 0 Å². The van der Waals surface area contributed by atoms with Crippen molar-refractivity contribution >= 4 is 15.5 Å². The molecule has 0 radical (unpaired) electrons. The Hall–Kier alpha value is 0.0499. The average Bonchev–Trinajstić information content (AvgIpc) is 1.21. The summed E-state index contributed by atoms with van der Waals surface area (Å²) in [6.07, 6.45) is 0. The number of hydrogen-bond acceptors (Lipinski definition) is 1. The fourth-order valence-corrected chi connectivity index (χ4v) is 0.600. The third kappa shape index (κ3) is 6.05. The van der Waals surface area contributed by atoms with Gasteiger partial charge >= 0.3 is 0 Å². The van der Waals surface area contributed by atoms with Crippen LogP contribution in [0.1, 0.15) is 0 Å². The molecule has 0 heterocycles. The third-order valence-corrected chi connectivity index (χ3v) is 0.800. The van der Waals surface area contributed by atoms with Crippen molar-refractivity contribution in [3.8, 4) is 0 Å². The maximum atomic E-state index is 2.56. The highest BCUT2D eigenvalue weighted by Gasteiger charge is 1.96. The Morgan fingerprint density at radius 1 is 1.38 bits per heavy atom. The van der Waals surface area contributed by atoms with E-state index in [-0.39, 0.29) is 7.55 Å². The van der Waals surface area contributed by atoms with E-state index in [0.29, 0.717) is 7.98 Å². The van der Waals surface area contributed by atoms with E-state index >= 15 is 0 Å². The second-order valence-corrected chi connectivity index (χ2v) is 3.33. The lowest BCUT2D eigenvalue weighted by Gasteiger charge is -2.40. The van der Waals surface area contributed by atoms with Crippen LogP contribution in [0.3, 0.4) is 0 Å². The van der Waals surface area contributed by atoms with Gasteiger partial charge in [0, 0.05) is 21.1 Å². The standard InChI is InChI=1S/C4H17B2N2/c1-7(5)6-8(2,3)4/h6H2,1-5H3/q-1. The minimum absolute atomic E-state index is 0.181. The molecule has 0 saturated carbocycles. The molecule has 0 bridgehead atoms. The van der Waals surface area contributed by atoms with Gasteiger partial charge in [-0.2, -0.15) is 0 Å². The summed E-state index contributed by atoms with van der Waals surface area (Å²) in [5, 5.41) is 0. The molecule has 0 aromatic heterocycles. The molecule has 0 aliphatic rings. The van der Waals surface area contributed by atoms with Gasteiger partial charge in [-0.15, -0.1) is 0 Å². The van der Waals surface area contributed by atoms with Crippen LogP contribution in [0.4, 0.5) is 0 Å². The van der Waals surface area contributed by atoms with E-state index in [9.17, 15) is 0 Å². The molecule has 0 unspecified atom stereocenters. The number of hydrogen-bond donors (Lipinski definition) is 0. The van der Waals surface area contributed by atoms with Gasteiger partial charge in [0.05, 0.1) is 0 Å². The lowest BCUT2D eigenvalue weighted by molar-refractivity contribution is -0.758. The second kappa shape index (κ2) is 2.55. The molecule has 2 nitrogen and oxygen atoms in total. The van der Waals surface area contributed by atoms with Crippen LogP contribution in [0, 0.1) is 0 Å². The first-order valence-corrected chi connectivity index (χ1v) is 2.68. The maximum Gasteiger partial charge on any atom is 0.215 e. The van der Waals surface area contributed by atoms with Crippen LogP contribution in [0.5, 0.6) is 0 Å². The lowest BCUT2D eigenvalue weighted by atomic mass is 9.99. The first-order chi connectivity index (χ1) is 3.42. The van der Waals surface area contributed by atoms with Gasteiger partial charge < -0.3 is 9.12 Å². The van der Waals surface area contributed by atoms with E-state index < -0.39 is 0 Å². The third-order valence-electron chi connectivity index (χ3n) is 0.800. The molecule has 8 heavy (non-hydrogen) atoms. The SMILES string of the molecule is [BH3-]N(C)[BH2-][N+](C)(C)C. The van der Waals surface area contributed by atoms with Gasteiger partial charge in [-0.3, -0.25) is 0 Å². The molecule has 0 aliphatic heterocycles. The van der Waals surface area contributed by atoms with Gasteiger partial charge in [-0.25, -0.2) is 0 Å². The Labute approximate surface area is 53.8 Å². The molecule has 0 aromatic carbocycles. The highest BCUT2D eigenvalue weighted by atomic mass is 15.3. The molecule has 0 aliphatic carbocycles. The number of rotatable bonds is 2. The Kier molecular flexibility index (Phi) is 2.57. The quantitative estimate of drug-likeness (QED) is 0.372. The monoisotopic (exact) mass is 115 g/mol. The van der Waals surface area contributed by atoms with Crippen molar-refractivity contribution in [2.24, 2.45) is 0 Å². The van der Waals surface area contributed by atoms with Crippen molar-refractivity contribution in [2.45, 2.75) is 0 Å². The molecular weight excluding hydrogens is 97.7 g/mol. The molecular formula is C4H17B2N2-. The van der Waals surface area contributed by atoms with Gasteiger partial charge in [-0.1, -0.05) is 7.05 Å². The average molecular weight is 115 g/mol. The van der Waals surface area contributed by atoms with Gasteiger partial charge in [0.25, 0.3) is 0 Å². The summed E-state index contributed by atoms with van der Waals surface area (Å²) in [5.74, 6) is 0. The first kappa shape index (κ1) is 8.05. The van der Waals surface area contributed by atoms with Crippen molar-refractivity contribution in [2.75, 3.05) is 28.2 Å². The van der Waals surface area contributed by atoms with E-state index in [1.54, 1.807) is 0 Å². The Morgan fingerprint density at radius 2 is 1.75 bits per heavy atom. The zero-order valence-electron chi connectivity index (χ0n) is 5.89. The number of nitrogens with zero attached hydrogens (tertiary/aromatic N) is 2. The van der Waals surface area contributed by atoms with Crippen LogP contribution in [-0.4, -0.2) is 52.8 Å². The van der Waals surface area contributed by atoms with Gasteiger partial charge in [0.1, 0.15) is 0 Å². The van der Waals surface area contributed by atoms with Crippen molar-refractivity contribution < 1.29 is 4.39 Å². The molecule has 0 N–H and O–H groups in total. The zero-order chi connectivity index (χ0) is 6.78. The largest absolute Gasteiger partial charge is 0.616 e. The fourth-order valence-electron chi connectivity index (χ4n) is 0.600.